The molecule has 2 rings (SSSR count). The summed E-state index contributed by atoms with van der Waals surface area (Å²) < 4.78 is 30.1. The number of nitrogens with one attached hydrogen (secondary N) is 1. The molecule has 9 heteroatoms. The number of hydrogen-bond donors (Lipinski definition) is 1. The molecule has 1 heterocycles. The lowest BCUT2D eigenvalue weighted by molar-refractivity contribution is -0.161. The van der Waals surface area contributed by atoms with E-state index in [1.807, 2.05) is 30.3 Å². The molecule has 1 N–H and O–H groups in total. The summed E-state index contributed by atoms with van der Waals surface area (Å²) in [4.78, 5) is 36.4. The minimum Gasteiger partial charge on any atom is -0.494 e. The normalized spacial score (nSPS) is 19.1. The van der Waals surface area contributed by atoms with Crippen LogP contribution in [0.5, 0.6) is 5.75 Å². The van der Waals surface area contributed by atoms with Crippen LogP contribution in [0.4, 0.5) is 8.96 Å². The first-order valence-corrected chi connectivity index (χ1v) is 8.78. The molecule has 1 saturated heterocycles. The van der Waals surface area contributed by atoms with Gasteiger partial charge in [0, 0.05) is 18.3 Å². The first-order valence-electron chi connectivity index (χ1n) is 8.78. The Morgan fingerprint density at radius 3 is 2.70 bits per heavy atom. The third kappa shape index (κ3) is 6.93. The number of nitrogens with zero attached hydrogens (tertiary/aromatic N) is 2. The van der Waals surface area contributed by atoms with Gasteiger partial charge in [-0.1, -0.05) is 18.2 Å². The van der Waals surface area contributed by atoms with Crippen molar-refractivity contribution in [2.24, 2.45) is 5.92 Å². The monoisotopic (exact) mass is 383 g/mol. The average molecular weight is 383 g/mol. The Balaban J connectivity index is 1.66. The van der Waals surface area contributed by atoms with Crippen LogP contribution in [0.3, 0.4) is 0 Å². The molecular formula is C18H23F2N3O4. The van der Waals surface area contributed by atoms with Crippen LogP contribution in [-0.4, -0.2) is 60.6 Å². The Labute approximate surface area is 156 Å². The second-order valence-electron chi connectivity index (χ2n) is 6.38. The SMILES string of the molecule is O=CC1CC(CN(F)F)CN1C(=O)CNC(=O)CCCOc1ccccc1. The lowest BCUT2D eigenvalue weighted by atomic mass is 10.1. The predicted octanol–water partition coefficient (Wildman–Crippen LogP) is 1.45. The van der Waals surface area contributed by atoms with Crippen molar-refractivity contribution in [3.8, 4) is 5.75 Å². The maximum absolute atomic E-state index is 12.3. The topological polar surface area (TPSA) is 79.0 Å². The van der Waals surface area contributed by atoms with E-state index in [0.717, 1.165) is 5.75 Å². The maximum Gasteiger partial charge on any atom is 0.242 e. The molecule has 148 valence electrons. The van der Waals surface area contributed by atoms with Gasteiger partial charge >= 0.3 is 0 Å². The second-order valence-corrected chi connectivity index (χ2v) is 6.38. The molecule has 0 radical (unpaired) electrons. The highest BCUT2D eigenvalue weighted by molar-refractivity contribution is 5.86. The molecule has 2 atom stereocenters. The molecule has 1 aliphatic rings. The van der Waals surface area contributed by atoms with Gasteiger partial charge in [-0.2, -0.15) is 0 Å². The summed E-state index contributed by atoms with van der Waals surface area (Å²) in [6.07, 6.45) is 1.46. The number of hydrogen-bond acceptors (Lipinski definition) is 5. The van der Waals surface area contributed by atoms with Crippen molar-refractivity contribution in [3.05, 3.63) is 30.3 Å². The summed E-state index contributed by atoms with van der Waals surface area (Å²) in [7, 11) is 0. The van der Waals surface area contributed by atoms with Crippen LogP contribution in [0, 0.1) is 5.92 Å². The largest absolute Gasteiger partial charge is 0.494 e. The molecule has 0 aromatic heterocycles. The van der Waals surface area contributed by atoms with Crippen molar-refractivity contribution in [2.75, 3.05) is 26.2 Å². The van der Waals surface area contributed by atoms with E-state index in [0.29, 0.717) is 19.3 Å². The van der Waals surface area contributed by atoms with E-state index < -0.39 is 29.8 Å². The number of carbonyl (C=O) groups is 3. The van der Waals surface area contributed by atoms with Crippen LogP contribution < -0.4 is 10.1 Å². The number of carbonyl (C=O) groups excluding carboxylic acids is 3. The van der Waals surface area contributed by atoms with Gasteiger partial charge < -0.3 is 19.7 Å². The van der Waals surface area contributed by atoms with Gasteiger partial charge in [0.15, 0.2) is 0 Å². The summed E-state index contributed by atoms with van der Waals surface area (Å²) in [6, 6.07) is 8.48. The highest BCUT2D eigenvalue weighted by Crippen LogP contribution is 2.23. The fourth-order valence-electron chi connectivity index (χ4n) is 3.00. The highest BCUT2D eigenvalue weighted by atomic mass is 19.4. The van der Waals surface area contributed by atoms with Crippen molar-refractivity contribution in [1.82, 2.24) is 15.6 Å². The van der Waals surface area contributed by atoms with E-state index in [2.05, 4.69) is 5.32 Å². The summed E-state index contributed by atoms with van der Waals surface area (Å²) in [6.45, 7) is -0.310. The molecule has 2 amide bonds. The number of benzene rings is 1. The maximum atomic E-state index is 12.3. The molecule has 1 aromatic carbocycles. The van der Waals surface area contributed by atoms with Gasteiger partial charge in [-0.05, 0) is 30.9 Å². The van der Waals surface area contributed by atoms with E-state index in [-0.39, 0.29) is 31.8 Å². The Bertz CT molecular complexity index is 630. The number of ether oxygens (including phenoxy) is 1. The summed E-state index contributed by atoms with van der Waals surface area (Å²) >= 11 is 0. The molecule has 1 aliphatic heterocycles. The molecule has 7 nitrogen and oxygen atoms in total. The van der Waals surface area contributed by atoms with Crippen LogP contribution in [0.15, 0.2) is 30.3 Å². The molecular weight excluding hydrogens is 360 g/mol. The zero-order valence-corrected chi connectivity index (χ0v) is 14.9. The summed E-state index contributed by atoms with van der Waals surface area (Å²) in [5.74, 6) is -0.508. The van der Waals surface area contributed by atoms with E-state index in [1.165, 1.54) is 4.90 Å². The minimum absolute atomic E-state index is 0.0768. The van der Waals surface area contributed by atoms with Gasteiger partial charge in [-0.3, -0.25) is 9.59 Å². The predicted molar refractivity (Wildman–Crippen MR) is 92.8 cm³/mol. The molecule has 2 unspecified atom stereocenters. The van der Waals surface area contributed by atoms with Gasteiger partial charge in [0.2, 0.25) is 11.8 Å². The molecule has 0 aliphatic carbocycles. The van der Waals surface area contributed by atoms with Crippen LogP contribution in [-0.2, 0) is 14.4 Å². The van der Waals surface area contributed by atoms with Crippen LogP contribution in [0.2, 0.25) is 0 Å². The fourth-order valence-corrected chi connectivity index (χ4v) is 3.00. The Morgan fingerprint density at radius 2 is 2.04 bits per heavy atom. The molecule has 1 aromatic rings. The molecule has 27 heavy (non-hydrogen) atoms. The third-order valence-corrected chi connectivity index (χ3v) is 4.30. The minimum atomic E-state index is -0.945. The number of para-hydroxylation sites is 1. The lowest BCUT2D eigenvalue weighted by Crippen LogP contribution is -2.43. The first kappa shape index (κ1) is 20.8. The number of amides is 2. The zero-order chi connectivity index (χ0) is 19.6. The quantitative estimate of drug-likeness (QED) is 0.376. The van der Waals surface area contributed by atoms with Crippen molar-refractivity contribution in [3.63, 3.8) is 0 Å². The van der Waals surface area contributed by atoms with Gasteiger partial charge in [0.25, 0.3) is 0 Å². The van der Waals surface area contributed by atoms with Crippen LogP contribution in [0.25, 0.3) is 0 Å². The molecule has 0 spiro atoms. The van der Waals surface area contributed by atoms with Crippen LogP contribution >= 0.6 is 0 Å². The van der Waals surface area contributed by atoms with Gasteiger partial charge in [0.05, 0.1) is 25.7 Å². The van der Waals surface area contributed by atoms with Crippen molar-refractivity contribution in [1.29, 1.82) is 0 Å². The summed E-state index contributed by atoms with van der Waals surface area (Å²) in [5.41, 5.74) is 0. The molecule has 0 saturated carbocycles. The number of likely N-dealkylation sites (tertiary alicyclic amines) is 1. The Kier molecular flexibility index (Phi) is 8.12. The van der Waals surface area contributed by atoms with E-state index in [1.54, 1.807) is 0 Å². The number of aldehydes is 1. The number of halogens is 2. The Morgan fingerprint density at radius 1 is 1.30 bits per heavy atom. The molecule has 1 fully saturated rings. The third-order valence-electron chi connectivity index (χ3n) is 4.30. The standard InChI is InChI=1S/C18H23F2N3O4/c19-23(20)12-14-9-15(13-24)22(11-14)18(26)10-21-17(25)7-4-8-27-16-5-2-1-3-6-16/h1-3,5-6,13-15H,4,7-12H2,(H,21,25). The van der Waals surface area contributed by atoms with Gasteiger partial charge in [-0.15, -0.1) is 8.96 Å². The fraction of sp³-hybridized carbons (Fsp3) is 0.500. The smallest absolute Gasteiger partial charge is 0.242 e. The van der Waals surface area contributed by atoms with Crippen molar-refractivity contribution < 1.29 is 28.1 Å². The highest BCUT2D eigenvalue weighted by Gasteiger charge is 2.35. The van der Waals surface area contributed by atoms with Gasteiger partial charge in [0.1, 0.15) is 12.0 Å². The van der Waals surface area contributed by atoms with Crippen molar-refractivity contribution >= 4 is 18.1 Å². The van der Waals surface area contributed by atoms with E-state index in [9.17, 15) is 23.3 Å². The Hall–Kier alpha value is -2.55. The van der Waals surface area contributed by atoms with E-state index >= 15 is 0 Å². The zero-order valence-electron chi connectivity index (χ0n) is 14.9. The lowest BCUT2D eigenvalue weighted by Gasteiger charge is -2.20. The first-order chi connectivity index (χ1) is 13.0. The molecule has 0 bridgehead atoms. The van der Waals surface area contributed by atoms with Gasteiger partial charge in [-0.25, -0.2) is 0 Å². The number of rotatable bonds is 10. The second kappa shape index (κ2) is 10.6. The van der Waals surface area contributed by atoms with Crippen molar-refractivity contribution in [2.45, 2.75) is 25.3 Å². The van der Waals surface area contributed by atoms with E-state index in [4.69, 9.17) is 4.74 Å². The van der Waals surface area contributed by atoms with Crippen LogP contribution in [0.1, 0.15) is 19.3 Å². The average Bonchev–Trinajstić information content (AvgIpc) is 3.06. The summed E-state index contributed by atoms with van der Waals surface area (Å²) in [5, 5.41) is 1.55.